The first-order chi connectivity index (χ1) is 12.7. The molecule has 5 rings (SSSR count). The predicted molar refractivity (Wildman–Crippen MR) is 95.5 cm³/mol. The van der Waals surface area contributed by atoms with Crippen LogP contribution in [0, 0.1) is 11.5 Å². The third-order valence-electron chi connectivity index (χ3n) is 4.58. The highest BCUT2D eigenvalue weighted by atomic mass is 16.4. The van der Waals surface area contributed by atoms with Crippen molar-refractivity contribution in [3.05, 3.63) is 58.2 Å². The normalized spacial score (nSPS) is 12.4. The van der Waals surface area contributed by atoms with Gasteiger partial charge >= 0.3 is 5.63 Å². The third-order valence-corrected chi connectivity index (χ3v) is 4.58. The van der Waals surface area contributed by atoms with Crippen LogP contribution in [0.3, 0.4) is 0 Å². The fraction of sp³-hybridized carbons (Fsp3) is 0.105. The Hall–Kier alpha value is -3.79. The zero-order valence-electron chi connectivity index (χ0n) is 13.5. The van der Waals surface area contributed by atoms with Crippen molar-refractivity contribution < 1.29 is 4.42 Å². The van der Waals surface area contributed by atoms with Crippen molar-refractivity contribution in [3.8, 4) is 17.5 Å². The second kappa shape index (κ2) is 5.36. The Morgan fingerprint density at radius 2 is 2.04 bits per heavy atom. The minimum atomic E-state index is -0.425. The van der Waals surface area contributed by atoms with Gasteiger partial charge in [-0.1, -0.05) is 12.1 Å². The lowest BCUT2D eigenvalue weighted by Crippen LogP contribution is -2.12. The minimum absolute atomic E-state index is 0.227. The number of para-hydroxylation sites is 1. The Morgan fingerprint density at radius 1 is 1.15 bits per heavy atom. The average molecular weight is 341 g/mol. The van der Waals surface area contributed by atoms with Crippen LogP contribution in [-0.4, -0.2) is 15.0 Å². The Kier molecular flexibility index (Phi) is 3.00. The summed E-state index contributed by atoms with van der Waals surface area (Å²) in [7, 11) is 0. The van der Waals surface area contributed by atoms with Gasteiger partial charge in [0.15, 0.2) is 6.19 Å². The maximum Gasteiger partial charge on any atom is 0.345 e. The largest absolute Gasteiger partial charge is 0.422 e. The first kappa shape index (κ1) is 14.5. The number of nitriles is 1. The van der Waals surface area contributed by atoms with E-state index in [1.807, 2.05) is 24.4 Å². The van der Waals surface area contributed by atoms with Gasteiger partial charge in [-0.15, -0.1) is 0 Å². The van der Waals surface area contributed by atoms with E-state index in [1.165, 1.54) is 0 Å². The number of fused-ring (bicyclic) bond motifs is 6. The van der Waals surface area contributed by atoms with Crippen LogP contribution in [-0.2, 0) is 12.8 Å². The molecule has 0 saturated carbocycles. The molecule has 7 heteroatoms. The van der Waals surface area contributed by atoms with Gasteiger partial charge in [0, 0.05) is 17.1 Å². The fourth-order valence-corrected chi connectivity index (χ4v) is 3.40. The molecular weight excluding hydrogens is 330 g/mol. The van der Waals surface area contributed by atoms with Gasteiger partial charge in [-0.25, -0.2) is 14.8 Å². The molecule has 7 nitrogen and oxygen atoms in total. The molecular formula is C19H11N5O2. The van der Waals surface area contributed by atoms with Gasteiger partial charge in [-0.3, -0.25) is 10.3 Å². The molecule has 0 aliphatic heterocycles. The molecule has 0 atom stereocenters. The number of anilines is 1. The number of rotatable bonds is 1. The van der Waals surface area contributed by atoms with E-state index in [4.69, 9.17) is 14.7 Å². The quantitative estimate of drug-likeness (QED) is 0.246. The summed E-state index contributed by atoms with van der Waals surface area (Å²) in [5, 5.41) is 12.5. The Bertz CT molecular complexity index is 1300. The molecule has 0 fully saturated rings. The lowest BCUT2D eigenvalue weighted by Gasteiger charge is -2.18. The van der Waals surface area contributed by atoms with Gasteiger partial charge in [0.2, 0.25) is 5.95 Å². The summed E-state index contributed by atoms with van der Waals surface area (Å²) >= 11 is 0. The number of hydrogen-bond acceptors (Lipinski definition) is 7. The lowest BCUT2D eigenvalue weighted by molar-refractivity contribution is 0.569. The number of aromatic nitrogens is 3. The monoisotopic (exact) mass is 341 g/mol. The average Bonchev–Trinajstić information content (AvgIpc) is 2.67. The number of aryl methyl sites for hydroxylation is 2. The molecule has 0 radical (unpaired) electrons. The van der Waals surface area contributed by atoms with Gasteiger partial charge < -0.3 is 4.42 Å². The van der Waals surface area contributed by atoms with E-state index in [0.29, 0.717) is 22.2 Å². The van der Waals surface area contributed by atoms with Crippen LogP contribution in [0.15, 0.2) is 45.7 Å². The van der Waals surface area contributed by atoms with E-state index in [1.54, 1.807) is 18.3 Å². The summed E-state index contributed by atoms with van der Waals surface area (Å²) in [4.78, 5) is 25.8. The highest BCUT2D eigenvalue weighted by Crippen LogP contribution is 2.34. The molecule has 0 spiro atoms. The summed E-state index contributed by atoms with van der Waals surface area (Å²) in [5.41, 5.74) is 4.06. The zero-order chi connectivity index (χ0) is 17.7. The second-order valence-corrected chi connectivity index (χ2v) is 6.07. The number of pyridine rings is 1. The van der Waals surface area contributed by atoms with E-state index in [0.717, 1.165) is 35.0 Å². The number of hydrogen-bond donors (Lipinski definition) is 1. The van der Waals surface area contributed by atoms with Gasteiger partial charge in [0.1, 0.15) is 5.58 Å². The molecule has 4 aromatic rings. The summed E-state index contributed by atoms with van der Waals surface area (Å²) in [6.45, 7) is 0. The second-order valence-electron chi connectivity index (χ2n) is 6.07. The van der Waals surface area contributed by atoms with E-state index < -0.39 is 5.63 Å². The molecule has 0 amide bonds. The summed E-state index contributed by atoms with van der Waals surface area (Å²) in [5.74, 6) is 0.227. The lowest BCUT2D eigenvalue weighted by atomic mass is 9.92. The summed E-state index contributed by atoms with van der Waals surface area (Å²) in [6, 6.07) is 9.17. The van der Waals surface area contributed by atoms with Crippen molar-refractivity contribution in [1.29, 1.82) is 5.26 Å². The van der Waals surface area contributed by atoms with Crippen LogP contribution in [0.25, 0.3) is 33.1 Å². The molecule has 1 aromatic carbocycles. The first-order valence-electron chi connectivity index (χ1n) is 8.11. The van der Waals surface area contributed by atoms with Crippen molar-refractivity contribution in [2.45, 2.75) is 12.8 Å². The topological polar surface area (TPSA) is 105 Å². The fourth-order valence-electron chi connectivity index (χ4n) is 3.40. The summed E-state index contributed by atoms with van der Waals surface area (Å²) in [6.07, 6.45) is 5.02. The van der Waals surface area contributed by atoms with Crippen LogP contribution in [0.5, 0.6) is 0 Å². The number of nitrogens with zero attached hydrogens (tertiary/aromatic N) is 4. The van der Waals surface area contributed by atoms with Crippen LogP contribution in [0.2, 0.25) is 0 Å². The van der Waals surface area contributed by atoms with Gasteiger partial charge in [0.25, 0.3) is 0 Å². The van der Waals surface area contributed by atoms with Gasteiger partial charge in [-0.05, 0) is 36.6 Å². The molecule has 1 N–H and O–H groups in total. The first-order valence-corrected chi connectivity index (χ1v) is 8.11. The standard InChI is InChI=1S/C19H11N5O2/c20-9-22-19-21-8-10-5-6-14-12(16(10)24-19)7-13-17(23-14)11-3-1-2-4-15(11)26-18(13)25/h1-4,7-8H,5-6H2,(H,21,22,24). The molecule has 0 bridgehead atoms. The van der Waals surface area contributed by atoms with Gasteiger partial charge in [-0.2, -0.15) is 5.26 Å². The molecule has 0 unspecified atom stereocenters. The molecule has 0 saturated heterocycles. The van der Waals surface area contributed by atoms with Crippen LogP contribution < -0.4 is 10.9 Å². The number of benzene rings is 1. The third kappa shape index (κ3) is 2.06. The highest BCUT2D eigenvalue weighted by Gasteiger charge is 2.22. The smallest absolute Gasteiger partial charge is 0.345 e. The van der Waals surface area contributed by atoms with Crippen molar-refractivity contribution in [3.63, 3.8) is 0 Å². The number of nitrogens with one attached hydrogen (secondary N) is 1. The summed E-state index contributed by atoms with van der Waals surface area (Å²) < 4.78 is 5.43. The van der Waals surface area contributed by atoms with Crippen molar-refractivity contribution in [2.75, 3.05) is 5.32 Å². The van der Waals surface area contributed by atoms with Crippen LogP contribution in [0.1, 0.15) is 11.3 Å². The van der Waals surface area contributed by atoms with E-state index in [-0.39, 0.29) is 5.95 Å². The highest BCUT2D eigenvalue weighted by molar-refractivity contribution is 6.03. The van der Waals surface area contributed by atoms with Gasteiger partial charge in [0.05, 0.1) is 22.3 Å². The van der Waals surface area contributed by atoms with E-state index in [9.17, 15) is 4.79 Å². The SMILES string of the molecule is N#CNc1ncc2c(n1)-c1cc3c(=O)oc4ccccc4c3nc1CC2. The zero-order valence-corrected chi connectivity index (χ0v) is 13.5. The molecule has 3 aromatic heterocycles. The van der Waals surface area contributed by atoms with Crippen LogP contribution in [0.4, 0.5) is 5.95 Å². The predicted octanol–water partition coefficient (Wildman–Crippen LogP) is 2.79. The Balaban J connectivity index is 1.84. The molecule has 1 aliphatic rings. The van der Waals surface area contributed by atoms with Crippen LogP contribution >= 0.6 is 0 Å². The maximum absolute atomic E-state index is 12.5. The molecule has 3 heterocycles. The Morgan fingerprint density at radius 3 is 2.92 bits per heavy atom. The minimum Gasteiger partial charge on any atom is -0.422 e. The molecule has 1 aliphatic carbocycles. The van der Waals surface area contributed by atoms with Crippen molar-refractivity contribution >= 4 is 27.8 Å². The van der Waals surface area contributed by atoms with Crippen molar-refractivity contribution in [2.24, 2.45) is 0 Å². The van der Waals surface area contributed by atoms with E-state index >= 15 is 0 Å². The maximum atomic E-state index is 12.5. The molecule has 124 valence electrons. The Labute approximate surface area is 147 Å². The van der Waals surface area contributed by atoms with Crippen molar-refractivity contribution in [1.82, 2.24) is 15.0 Å². The van der Waals surface area contributed by atoms with E-state index in [2.05, 4.69) is 15.3 Å². The molecule has 26 heavy (non-hydrogen) atoms.